The predicted molar refractivity (Wildman–Crippen MR) is 112 cm³/mol. The predicted octanol–water partition coefficient (Wildman–Crippen LogP) is 4.73. The van der Waals surface area contributed by atoms with Crippen molar-refractivity contribution < 1.29 is 4.79 Å². The summed E-state index contributed by atoms with van der Waals surface area (Å²) in [4.78, 5) is 16.6. The minimum Gasteiger partial charge on any atom is -0.315 e. The average molecular weight is 398 g/mol. The summed E-state index contributed by atoms with van der Waals surface area (Å²) in [5.41, 5.74) is 2.18. The van der Waals surface area contributed by atoms with E-state index in [-0.39, 0.29) is 11.4 Å². The number of nitrogens with one attached hydrogen (secondary N) is 1. The lowest BCUT2D eigenvalue weighted by Crippen LogP contribution is -2.59. The number of anilines is 1. The highest BCUT2D eigenvalue weighted by Crippen LogP contribution is 2.57. The molecule has 0 radical (unpaired) electrons. The molecule has 0 aliphatic heterocycles. The molecule has 0 spiro atoms. The normalized spacial score (nSPS) is 33.4. The van der Waals surface area contributed by atoms with Gasteiger partial charge in [-0.3, -0.25) is 9.69 Å². The zero-order valence-electron chi connectivity index (χ0n) is 16.9. The number of rotatable bonds is 4. The van der Waals surface area contributed by atoms with E-state index in [9.17, 15) is 10.1 Å². The first-order valence-electron chi connectivity index (χ1n) is 11.1. The van der Waals surface area contributed by atoms with E-state index < -0.39 is 0 Å². The third kappa shape index (κ3) is 3.19. The van der Waals surface area contributed by atoms with E-state index in [4.69, 9.17) is 0 Å². The van der Waals surface area contributed by atoms with Crippen molar-refractivity contribution in [3.05, 3.63) is 16.0 Å². The molecule has 150 valence electrons. The Morgan fingerprint density at radius 3 is 2.43 bits per heavy atom. The summed E-state index contributed by atoms with van der Waals surface area (Å²) in [5, 5.41) is 13.6. The molecule has 1 N–H and O–H groups in total. The van der Waals surface area contributed by atoms with E-state index in [2.05, 4.69) is 23.3 Å². The fourth-order valence-corrected chi connectivity index (χ4v) is 8.29. The van der Waals surface area contributed by atoms with E-state index in [1.54, 1.807) is 11.3 Å². The van der Waals surface area contributed by atoms with Crippen LogP contribution in [-0.4, -0.2) is 29.9 Å². The van der Waals surface area contributed by atoms with Crippen LogP contribution >= 0.6 is 11.3 Å². The summed E-state index contributed by atoms with van der Waals surface area (Å²) >= 11 is 1.64. The number of thiophene rings is 1. The maximum absolute atomic E-state index is 12.9. The maximum atomic E-state index is 12.9. The molecular formula is C23H31N3OS. The maximum Gasteiger partial charge on any atom is 0.239 e. The lowest BCUT2D eigenvalue weighted by Gasteiger charge is -2.59. The molecule has 5 aliphatic rings. The zero-order valence-corrected chi connectivity index (χ0v) is 17.7. The van der Waals surface area contributed by atoms with Gasteiger partial charge >= 0.3 is 0 Å². The Hall–Kier alpha value is -1.38. The Morgan fingerprint density at radius 2 is 1.79 bits per heavy atom. The van der Waals surface area contributed by atoms with Gasteiger partial charge in [-0.2, -0.15) is 5.26 Å². The van der Waals surface area contributed by atoms with Gasteiger partial charge in [-0.25, -0.2) is 0 Å². The van der Waals surface area contributed by atoms with Crippen LogP contribution in [-0.2, 0) is 17.6 Å². The molecule has 1 aromatic rings. The number of fused-ring (bicyclic) bond motifs is 1. The molecular weight excluding hydrogens is 366 g/mol. The number of nitrogens with zero attached hydrogens (tertiary/aromatic N) is 2. The Morgan fingerprint density at radius 1 is 1.14 bits per heavy atom. The highest BCUT2D eigenvalue weighted by Gasteiger charge is 2.52. The van der Waals surface area contributed by atoms with Crippen molar-refractivity contribution in [3.8, 4) is 6.07 Å². The van der Waals surface area contributed by atoms with Gasteiger partial charge in [0, 0.05) is 10.4 Å². The molecule has 1 aromatic heterocycles. The van der Waals surface area contributed by atoms with E-state index in [0.717, 1.165) is 47.6 Å². The van der Waals surface area contributed by atoms with Crippen LogP contribution < -0.4 is 5.32 Å². The largest absolute Gasteiger partial charge is 0.315 e. The van der Waals surface area contributed by atoms with Crippen molar-refractivity contribution in [1.82, 2.24) is 4.90 Å². The lowest BCUT2D eigenvalue weighted by atomic mass is 9.52. The standard InChI is InChI=1S/C23H31N3OS/c1-26(23-10-15-7-16(11-23)9-17(8-15)12-23)14-21(27)25-22-19(13-24)18-5-3-2-4-6-20(18)28-22/h15-17H,2-12,14H2,1H3,(H,25,27). The summed E-state index contributed by atoms with van der Waals surface area (Å²) in [5.74, 6) is 2.70. The SMILES string of the molecule is CN(CC(=O)Nc1sc2c(c1C#N)CCCCC2)C12CC3CC(CC(C3)C1)C2. The smallest absolute Gasteiger partial charge is 0.239 e. The second kappa shape index (κ2) is 7.15. The molecule has 4 nitrogen and oxygen atoms in total. The Balaban J connectivity index is 1.29. The molecule has 1 amide bonds. The van der Waals surface area contributed by atoms with Crippen molar-refractivity contribution in [3.63, 3.8) is 0 Å². The Labute approximate surface area is 172 Å². The third-order valence-corrected chi connectivity index (χ3v) is 9.19. The van der Waals surface area contributed by atoms with Gasteiger partial charge in [0.05, 0.1) is 12.1 Å². The lowest BCUT2D eigenvalue weighted by molar-refractivity contribution is -0.123. The Kier molecular flexibility index (Phi) is 4.76. The van der Waals surface area contributed by atoms with Gasteiger partial charge < -0.3 is 5.32 Å². The first kappa shape index (κ1) is 18.6. The van der Waals surface area contributed by atoms with E-state index in [0.29, 0.717) is 6.54 Å². The fourth-order valence-electron chi connectivity index (χ4n) is 7.03. The van der Waals surface area contributed by atoms with Crippen LogP contribution in [0.1, 0.15) is 73.8 Å². The van der Waals surface area contributed by atoms with Crippen LogP contribution in [0, 0.1) is 29.1 Å². The molecule has 4 fully saturated rings. The number of hydrogen-bond donors (Lipinski definition) is 1. The average Bonchev–Trinajstić information content (AvgIpc) is 2.80. The number of carbonyl (C=O) groups is 1. The molecule has 5 heteroatoms. The minimum absolute atomic E-state index is 0.0474. The summed E-state index contributed by atoms with van der Waals surface area (Å²) in [6.45, 7) is 0.444. The zero-order chi connectivity index (χ0) is 19.3. The summed E-state index contributed by atoms with van der Waals surface area (Å²) < 4.78 is 0. The van der Waals surface area contributed by atoms with Gasteiger partial charge in [0.25, 0.3) is 0 Å². The second-order valence-corrected chi connectivity index (χ2v) is 11.0. The van der Waals surface area contributed by atoms with Gasteiger partial charge in [0.2, 0.25) is 5.91 Å². The van der Waals surface area contributed by atoms with Crippen LogP contribution in [0.4, 0.5) is 5.00 Å². The van der Waals surface area contributed by atoms with Crippen molar-refractivity contribution >= 4 is 22.2 Å². The number of nitriles is 1. The van der Waals surface area contributed by atoms with Crippen LogP contribution in [0.3, 0.4) is 0 Å². The summed E-state index contributed by atoms with van der Waals surface area (Å²) in [7, 11) is 2.15. The van der Waals surface area contributed by atoms with Gasteiger partial charge in [-0.05, 0) is 94.6 Å². The van der Waals surface area contributed by atoms with Crippen LogP contribution in [0.15, 0.2) is 0 Å². The molecule has 4 saturated carbocycles. The number of likely N-dealkylation sites (N-methyl/N-ethyl adjacent to an activating group) is 1. The van der Waals surface area contributed by atoms with Crippen molar-refractivity contribution in [1.29, 1.82) is 5.26 Å². The highest BCUT2D eigenvalue weighted by atomic mass is 32.1. The van der Waals surface area contributed by atoms with Crippen LogP contribution in [0.5, 0.6) is 0 Å². The number of amides is 1. The van der Waals surface area contributed by atoms with E-state index in [1.807, 2.05) is 0 Å². The molecule has 5 aliphatic carbocycles. The molecule has 28 heavy (non-hydrogen) atoms. The Bertz CT molecular complexity index is 785. The van der Waals surface area contributed by atoms with Gasteiger partial charge in [-0.1, -0.05) is 6.42 Å². The van der Waals surface area contributed by atoms with Crippen molar-refractivity contribution in [2.24, 2.45) is 17.8 Å². The van der Waals surface area contributed by atoms with Gasteiger partial charge in [0.15, 0.2) is 0 Å². The third-order valence-electron chi connectivity index (χ3n) is 7.98. The summed E-state index contributed by atoms with van der Waals surface area (Å²) in [6, 6.07) is 2.38. The molecule has 1 heterocycles. The fraction of sp³-hybridized carbons (Fsp3) is 0.739. The summed E-state index contributed by atoms with van der Waals surface area (Å²) in [6.07, 6.45) is 13.7. The van der Waals surface area contributed by atoms with Crippen molar-refractivity contribution in [2.75, 3.05) is 18.9 Å². The minimum atomic E-state index is 0.0474. The van der Waals surface area contributed by atoms with Crippen molar-refractivity contribution in [2.45, 2.75) is 76.2 Å². The molecule has 4 bridgehead atoms. The topological polar surface area (TPSA) is 56.1 Å². The second-order valence-electron chi connectivity index (χ2n) is 9.93. The molecule has 0 saturated heterocycles. The van der Waals surface area contributed by atoms with Gasteiger partial charge in [-0.15, -0.1) is 11.3 Å². The van der Waals surface area contributed by atoms with Crippen LogP contribution in [0.25, 0.3) is 0 Å². The molecule has 6 rings (SSSR count). The molecule has 0 unspecified atom stereocenters. The molecule has 0 aromatic carbocycles. The van der Waals surface area contributed by atoms with Gasteiger partial charge in [0.1, 0.15) is 11.1 Å². The molecule has 0 atom stereocenters. The first-order valence-corrected chi connectivity index (χ1v) is 11.9. The number of aryl methyl sites for hydroxylation is 1. The first-order chi connectivity index (χ1) is 13.6. The number of hydrogen-bond acceptors (Lipinski definition) is 4. The monoisotopic (exact) mass is 397 g/mol. The van der Waals surface area contributed by atoms with E-state index in [1.165, 1.54) is 61.8 Å². The van der Waals surface area contributed by atoms with E-state index >= 15 is 0 Å². The van der Waals surface area contributed by atoms with Crippen LogP contribution in [0.2, 0.25) is 0 Å². The number of carbonyl (C=O) groups excluding carboxylic acids is 1. The highest BCUT2D eigenvalue weighted by molar-refractivity contribution is 7.16. The quantitative estimate of drug-likeness (QED) is 0.748.